The highest BCUT2D eigenvalue weighted by atomic mass is 79.9. The van der Waals surface area contributed by atoms with Crippen molar-refractivity contribution in [3.8, 4) is 11.5 Å². The van der Waals surface area contributed by atoms with Gasteiger partial charge in [-0.05, 0) is 36.8 Å². The fourth-order valence-electron chi connectivity index (χ4n) is 1.84. The van der Waals surface area contributed by atoms with Gasteiger partial charge in [-0.1, -0.05) is 22.0 Å². The minimum absolute atomic E-state index is 0.0333. The molecule has 0 aliphatic carbocycles. The van der Waals surface area contributed by atoms with Crippen molar-refractivity contribution in [3.05, 3.63) is 62.1 Å². The lowest BCUT2D eigenvalue weighted by Crippen LogP contribution is -2.00. The van der Waals surface area contributed by atoms with Crippen LogP contribution in [0.1, 0.15) is 11.1 Å². The summed E-state index contributed by atoms with van der Waals surface area (Å²) in [6.45, 7) is 2.01. The third-order valence-corrected chi connectivity index (χ3v) is 3.72. The average molecular weight is 352 g/mol. The van der Waals surface area contributed by atoms with Gasteiger partial charge < -0.3 is 9.47 Å². The molecule has 0 bridgehead atoms. The molecule has 0 aliphatic rings. The zero-order chi connectivity index (χ0) is 15.4. The molecule has 2 aromatic rings. The standard InChI is InChI=1S/C15H14BrNO4/c1-10-3-6-15(14(7-10)17(18)19)21-9-11-8-12(20-2)4-5-13(11)16/h3-8H,9H2,1-2H3. The molecule has 0 unspecified atom stereocenters. The molecule has 0 atom stereocenters. The highest BCUT2D eigenvalue weighted by Gasteiger charge is 2.15. The van der Waals surface area contributed by atoms with Gasteiger partial charge in [-0.2, -0.15) is 0 Å². The smallest absolute Gasteiger partial charge is 0.311 e. The van der Waals surface area contributed by atoms with E-state index in [9.17, 15) is 10.1 Å². The molecular formula is C15H14BrNO4. The maximum absolute atomic E-state index is 11.0. The summed E-state index contributed by atoms with van der Waals surface area (Å²) in [6.07, 6.45) is 0. The van der Waals surface area contributed by atoms with E-state index in [0.717, 1.165) is 15.6 Å². The number of aryl methyl sites for hydroxylation is 1. The molecule has 0 aromatic heterocycles. The number of methoxy groups -OCH3 is 1. The number of hydrogen-bond donors (Lipinski definition) is 0. The van der Waals surface area contributed by atoms with Crippen LogP contribution in [0.5, 0.6) is 11.5 Å². The number of benzene rings is 2. The summed E-state index contributed by atoms with van der Waals surface area (Å²) < 4.78 is 11.6. The van der Waals surface area contributed by atoms with E-state index in [1.807, 2.05) is 18.2 Å². The van der Waals surface area contributed by atoms with Gasteiger partial charge in [-0.3, -0.25) is 10.1 Å². The monoisotopic (exact) mass is 351 g/mol. The van der Waals surface area contributed by atoms with E-state index in [4.69, 9.17) is 9.47 Å². The first-order valence-electron chi connectivity index (χ1n) is 6.21. The molecule has 2 aromatic carbocycles. The molecule has 0 spiro atoms. The Morgan fingerprint density at radius 2 is 2.00 bits per heavy atom. The van der Waals surface area contributed by atoms with Crippen LogP contribution in [-0.2, 0) is 6.61 Å². The topological polar surface area (TPSA) is 61.6 Å². The van der Waals surface area contributed by atoms with Crippen LogP contribution in [0, 0.1) is 17.0 Å². The largest absolute Gasteiger partial charge is 0.497 e. The summed E-state index contributed by atoms with van der Waals surface area (Å²) in [6, 6.07) is 10.4. The summed E-state index contributed by atoms with van der Waals surface area (Å²) >= 11 is 3.42. The minimum atomic E-state index is -0.442. The van der Waals surface area contributed by atoms with Gasteiger partial charge in [-0.25, -0.2) is 0 Å². The van der Waals surface area contributed by atoms with Crippen molar-refractivity contribution < 1.29 is 14.4 Å². The summed E-state index contributed by atoms with van der Waals surface area (Å²) in [5, 5.41) is 11.0. The Kier molecular flexibility index (Phi) is 4.80. The van der Waals surface area contributed by atoms with Crippen molar-refractivity contribution in [2.75, 3.05) is 7.11 Å². The average Bonchev–Trinajstić information content (AvgIpc) is 2.47. The van der Waals surface area contributed by atoms with Crippen LogP contribution in [0.3, 0.4) is 0 Å². The lowest BCUT2D eigenvalue weighted by Gasteiger charge is -2.10. The second kappa shape index (κ2) is 6.58. The van der Waals surface area contributed by atoms with E-state index in [2.05, 4.69) is 15.9 Å². The fourth-order valence-corrected chi connectivity index (χ4v) is 2.20. The van der Waals surface area contributed by atoms with Crippen molar-refractivity contribution >= 4 is 21.6 Å². The van der Waals surface area contributed by atoms with Crippen LogP contribution in [0.2, 0.25) is 0 Å². The molecule has 0 fully saturated rings. The van der Waals surface area contributed by atoms with Crippen molar-refractivity contribution in [1.29, 1.82) is 0 Å². The molecule has 0 radical (unpaired) electrons. The normalized spacial score (nSPS) is 10.2. The SMILES string of the molecule is COc1ccc(Br)c(COc2ccc(C)cc2[N+](=O)[O-])c1. The Morgan fingerprint density at radius 3 is 2.67 bits per heavy atom. The molecule has 0 amide bonds. The van der Waals surface area contributed by atoms with Gasteiger partial charge in [0.1, 0.15) is 12.4 Å². The Balaban J connectivity index is 2.22. The summed E-state index contributed by atoms with van der Waals surface area (Å²) in [5.74, 6) is 0.954. The third-order valence-electron chi connectivity index (χ3n) is 2.95. The predicted octanol–water partition coefficient (Wildman–Crippen LogP) is 4.25. The number of nitro benzene ring substituents is 1. The van der Waals surface area contributed by atoms with Gasteiger partial charge in [0.25, 0.3) is 0 Å². The van der Waals surface area contributed by atoms with Crippen molar-refractivity contribution in [2.24, 2.45) is 0 Å². The van der Waals surface area contributed by atoms with Crippen LogP contribution in [0.15, 0.2) is 40.9 Å². The number of nitrogens with zero attached hydrogens (tertiary/aromatic N) is 1. The quantitative estimate of drug-likeness (QED) is 0.596. The molecule has 6 heteroatoms. The van der Waals surface area contributed by atoms with E-state index in [1.54, 1.807) is 26.2 Å². The molecule has 21 heavy (non-hydrogen) atoms. The maximum atomic E-state index is 11.0. The van der Waals surface area contributed by atoms with E-state index < -0.39 is 4.92 Å². The Labute approximate surface area is 130 Å². The van der Waals surface area contributed by atoms with Gasteiger partial charge >= 0.3 is 5.69 Å². The number of halogens is 1. The molecule has 0 heterocycles. The highest BCUT2D eigenvalue weighted by molar-refractivity contribution is 9.10. The molecule has 0 saturated heterocycles. The van der Waals surface area contributed by atoms with Gasteiger partial charge in [0, 0.05) is 16.1 Å². The van der Waals surface area contributed by atoms with Gasteiger partial charge in [-0.15, -0.1) is 0 Å². The van der Waals surface area contributed by atoms with E-state index in [-0.39, 0.29) is 18.0 Å². The van der Waals surface area contributed by atoms with Crippen LogP contribution in [0.25, 0.3) is 0 Å². The Hall–Kier alpha value is -2.08. The van der Waals surface area contributed by atoms with Gasteiger partial charge in [0.05, 0.1) is 12.0 Å². The van der Waals surface area contributed by atoms with Crippen molar-refractivity contribution in [1.82, 2.24) is 0 Å². The fraction of sp³-hybridized carbons (Fsp3) is 0.200. The lowest BCUT2D eigenvalue weighted by atomic mass is 10.2. The minimum Gasteiger partial charge on any atom is -0.497 e. The first-order chi connectivity index (χ1) is 10.0. The third kappa shape index (κ3) is 3.72. The molecule has 110 valence electrons. The van der Waals surface area contributed by atoms with E-state index in [0.29, 0.717) is 5.75 Å². The Bertz CT molecular complexity index is 673. The summed E-state index contributed by atoms with van der Waals surface area (Å²) in [5.41, 5.74) is 1.63. The first kappa shape index (κ1) is 15.3. The summed E-state index contributed by atoms with van der Waals surface area (Å²) in [7, 11) is 1.58. The van der Waals surface area contributed by atoms with E-state index >= 15 is 0 Å². The van der Waals surface area contributed by atoms with Gasteiger partial charge in [0.2, 0.25) is 0 Å². The first-order valence-corrected chi connectivity index (χ1v) is 7.01. The molecule has 0 N–H and O–H groups in total. The Morgan fingerprint density at radius 1 is 1.24 bits per heavy atom. The van der Waals surface area contributed by atoms with Crippen molar-refractivity contribution in [3.63, 3.8) is 0 Å². The van der Waals surface area contributed by atoms with Crippen LogP contribution in [-0.4, -0.2) is 12.0 Å². The summed E-state index contributed by atoms with van der Waals surface area (Å²) in [4.78, 5) is 10.6. The highest BCUT2D eigenvalue weighted by Crippen LogP contribution is 2.30. The number of ether oxygens (including phenoxy) is 2. The zero-order valence-corrected chi connectivity index (χ0v) is 13.2. The van der Waals surface area contributed by atoms with Crippen LogP contribution >= 0.6 is 15.9 Å². The predicted molar refractivity (Wildman–Crippen MR) is 82.9 cm³/mol. The van der Waals surface area contributed by atoms with E-state index in [1.165, 1.54) is 6.07 Å². The van der Waals surface area contributed by atoms with Gasteiger partial charge in [0.15, 0.2) is 5.75 Å². The molecule has 0 aliphatic heterocycles. The molecule has 0 saturated carbocycles. The van der Waals surface area contributed by atoms with Crippen LogP contribution in [0.4, 0.5) is 5.69 Å². The molecular weight excluding hydrogens is 338 g/mol. The number of hydrogen-bond acceptors (Lipinski definition) is 4. The van der Waals surface area contributed by atoms with Crippen molar-refractivity contribution in [2.45, 2.75) is 13.5 Å². The zero-order valence-electron chi connectivity index (χ0n) is 11.6. The van der Waals surface area contributed by atoms with Crippen LogP contribution < -0.4 is 9.47 Å². The second-order valence-electron chi connectivity index (χ2n) is 4.47. The second-order valence-corrected chi connectivity index (χ2v) is 5.33. The molecule has 5 nitrogen and oxygen atoms in total. The number of rotatable bonds is 5. The number of nitro groups is 1. The lowest BCUT2D eigenvalue weighted by molar-refractivity contribution is -0.386. The molecule has 2 rings (SSSR count). The maximum Gasteiger partial charge on any atom is 0.311 e.